The molecule has 0 spiro atoms. The number of hydrogen-bond donors (Lipinski definition) is 1. The minimum Gasteiger partial charge on any atom is -0.343 e. The summed E-state index contributed by atoms with van der Waals surface area (Å²) in [6, 6.07) is 0.0577. The summed E-state index contributed by atoms with van der Waals surface area (Å²) < 4.78 is 4.81. The summed E-state index contributed by atoms with van der Waals surface area (Å²) in [6.45, 7) is 11.3. The average Bonchev–Trinajstić information content (AvgIpc) is 3.20. The van der Waals surface area contributed by atoms with Crippen LogP contribution >= 0.6 is 0 Å². The lowest BCUT2D eigenvalue weighted by Gasteiger charge is -2.34. The van der Waals surface area contributed by atoms with Gasteiger partial charge in [-0.3, -0.25) is 0 Å². The Bertz CT molecular complexity index is 507. The quantitative estimate of drug-likeness (QED) is 0.771. The number of piperazine rings is 1. The van der Waals surface area contributed by atoms with Gasteiger partial charge in [-0.25, -0.2) is 4.79 Å². The standard InChI is InChI=1S/C17H30N6O2/c1-2-21-10-12-22(13-11-21)7-3-6-18-17(24)23-8-4-15(5-9-23)16-19-14-25-20-16/h14-15H,2-13H2,1H3,(H,18,24). The number of nitrogens with one attached hydrogen (secondary N) is 1. The normalized spacial score (nSPS) is 20.8. The largest absolute Gasteiger partial charge is 0.343 e. The molecule has 1 aromatic heterocycles. The molecular formula is C17H30N6O2. The molecule has 1 N–H and O–H groups in total. The van der Waals surface area contributed by atoms with Crippen LogP contribution in [0.1, 0.15) is 37.9 Å². The van der Waals surface area contributed by atoms with Crippen molar-refractivity contribution in [2.75, 3.05) is 58.9 Å². The Morgan fingerprint density at radius 1 is 1.20 bits per heavy atom. The highest BCUT2D eigenvalue weighted by molar-refractivity contribution is 5.74. The lowest BCUT2D eigenvalue weighted by atomic mass is 9.96. The van der Waals surface area contributed by atoms with Gasteiger partial charge < -0.3 is 24.5 Å². The Kier molecular flexibility index (Phi) is 6.63. The number of likely N-dealkylation sites (tertiary alicyclic amines) is 1. The van der Waals surface area contributed by atoms with Crippen molar-refractivity contribution in [2.45, 2.75) is 32.1 Å². The Morgan fingerprint density at radius 3 is 2.56 bits per heavy atom. The van der Waals surface area contributed by atoms with Crippen LogP contribution in [0.5, 0.6) is 0 Å². The molecule has 2 aliphatic rings. The van der Waals surface area contributed by atoms with Gasteiger partial charge in [-0.15, -0.1) is 0 Å². The summed E-state index contributed by atoms with van der Waals surface area (Å²) in [5.74, 6) is 1.08. The van der Waals surface area contributed by atoms with E-state index in [1.54, 1.807) is 0 Å². The van der Waals surface area contributed by atoms with Crippen LogP contribution in [0.3, 0.4) is 0 Å². The highest BCUT2D eigenvalue weighted by Crippen LogP contribution is 2.25. The molecular weight excluding hydrogens is 320 g/mol. The third-order valence-corrected chi connectivity index (χ3v) is 5.37. The fraction of sp³-hybridized carbons (Fsp3) is 0.824. The molecule has 25 heavy (non-hydrogen) atoms. The molecule has 0 aromatic carbocycles. The summed E-state index contributed by atoms with van der Waals surface area (Å²) in [5.41, 5.74) is 0. The van der Waals surface area contributed by atoms with Crippen LogP contribution in [-0.4, -0.2) is 89.8 Å². The van der Waals surface area contributed by atoms with E-state index in [0.717, 1.165) is 84.0 Å². The van der Waals surface area contributed by atoms with Gasteiger partial charge in [0.1, 0.15) is 0 Å². The lowest BCUT2D eigenvalue weighted by molar-refractivity contribution is 0.135. The number of carbonyl (C=O) groups excluding carboxylic acids is 1. The zero-order valence-electron chi connectivity index (χ0n) is 15.2. The SMILES string of the molecule is CCN1CCN(CCCNC(=O)N2CCC(c3ncon3)CC2)CC1. The van der Waals surface area contributed by atoms with Crippen LogP contribution in [0, 0.1) is 0 Å². The first-order valence-corrected chi connectivity index (χ1v) is 9.50. The van der Waals surface area contributed by atoms with E-state index in [1.807, 2.05) is 4.90 Å². The van der Waals surface area contributed by atoms with E-state index in [1.165, 1.54) is 6.39 Å². The molecule has 2 amide bonds. The molecule has 3 heterocycles. The first-order valence-electron chi connectivity index (χ1n) is 9.50. The van der Waals surface area contributed by atoms with Crippen LogP contribution in [0.15, 0.2) is 10.9 Å². The van der Waals surface area contributed by atoms with Crippen LogP contribution < -0.4 is 5.32 Å². The van der Waals surface area contributed by atoms with E-state index in [9.17, 15) is 4.79 Å². The Hall–Kier alpha value is -1.67. The van der Waals surface area contributed by atoms with Crippen molar-refractivity contribution < 1.29 is 9.32 Å². The van der Waals surface area contributed by atoms with Gasteiger partial charge in [-0.1, -0.05) is 12.1 Å². The summed E-state index contributed by atoms with van der Waals surface area (Å²) in [4.78, 5) is 23.3. The van der Waals surface area contributed by atoms with E-state index in [0.29, 0.717) is 5.92 Å². The minimum absolute atomic E-state index is 0.0577. The number of nitrogens with zero attached hydrogens (tertiary/aromatic N) is 5. The van der Waals surface area contributed by atoms with Gasteiger partial charge in [-0.05, 0) is 32.4 Å². The van der Waals surface area contributed by atoms with Gasteiger partial charge in [0.15, 0.2) is 5.82 Å². The Labute approximate surface area is 149 Å². The molecule has 2 aliphatic heterocycles. The summed E-state index contributed by atoms with van der Waals surface area (Å²) in [6.07, 6.45) is 4.18. The fourth-order valence-electron chi connectivity index (χ4n) is 3.64. The molecule has 8 nitrogen and oxygen atoms in total. The maximum atomic E-state index is 12.3. The Morgan fingerprint density at radius 2 is 1.92 bits per heavy atom. The van der Waals surface area contributed by atoms with Crippen LogP contribution in [0.25, 0.3) is 0 Å². The zero-order valence-corrected chi connectivity index (χ0v) is 15.2. The third-order valence-electron chi connectivity index (χ3n) is 5.37. The first kappa shape index (κ1) is 18.1. The molecule has 1 aromatic rings. The topological polar surface area (TPSA) is 77.7 Å². The van der Waals surface area contributed by atoms with Crippen molar-refractivity contribution in [2.24, 2.45) is 0 Å². The third kappa shape index (κ3) is 5.15. The number of rotatable bonds is 6. The number of aromatic nitrogens is 2. The molecule has 3 rings (SSSR count). The summed E-state index contributed by atoms with van der Waals surface area (Å²) >= 11 is 0. The number of likely N-dealkylation sites (N-methyl/N-ethyl adjacent to an activating group) is 1. The van der Waals surface area contributed by atoms with Gasteiger partial charge in [0.25, 0.3) is 0 Å². The van der Waals surface area contributed by atoms with E-state index >= 15 is 0 Å². The molecule has 8 heteroatoms. The van der Waals surface area contributed by atoms with Crippen molar-refractivity contribution >= 4 is 6.03 Å². The molecule has 0 atom stereocenters. The number of carbonyl (C=O) groups is 1. The van der Waals surface area contributed by atoms with Crippen molar-refractivity contribution in [3.63, 3.8) is 0 Å². The van der Waals surface area contributed by atoms with E-state index in [2.05, 4.69) is 32.2 Å². The van der Waals surface area contributed by atoms with Crippen molar-refractivity contribution in [1.29, 1.82) is 0 Å². The second-order valence-electron chi connectivity index (χ2n) is 6.91. The van der Waals surface area contributed by atoms with Gasteiger partial charge in [0.05, 0.1) is 0 Å². The molecule has 2 fully saturated rings. The van der Waals surface area contributed by atoms with Crippen LogP contribution in [0.4, 0.5) is 4.79 Å². The maximum absolute atomic E-state index is 12.3. The molecule has 2 saturated heterocycles. The number of amides is 2. The molecule has 140 valence electrons. The lowest BCUT2D eigenvalue weighted by Crippen LogP contribution is -2.47. The predicted molar refractivity (Wildman–Crippen MR) is 94.4 cm³/mol. The second kappa shape index (κ2) is 9.15. The molecule has 0 radical (unpaired) electrons. The van der Waals surface area contributed by atoms with E-state index in [4.69, 9.17) is 4.52 Å². The minimum atomic E-state index is 0.0577. The average molecular weight is 350 g/mol. The number of piperidine rings is 1. The molecule has 0 bridgehead atoms. The van der Waals surface area contributed by atoms with Crippen molar-refractivity contribution in [1.82, 2.24) is 30.2 Å². The highest BCUT2D eigenvalue weighted by atomic mass is 16.5. The van der Waals surface area contributed by atoms with Gasteiger partial charge in [-0.2, -0.15) is 4.98 Å². The molecule has 0 aliphatic carbocycles. The fourth-order valence-corrected chi connectivity index (χ4v) is 3.64. The maximum Gasteiger partial charge on any atom is 0.317 e. The predicted octanol–water partition coefficient (Wildman–Crippen LogP) is 0.986. The second-order valence-corrected chi connectivity index (χ2v) is 6.91. The van der Waals surface area contributed by atoms with E-state index < -0.39 is 0 Å². The summed E-state index contributed by atoms with van der Waals surface area (Å²) in [5, 5.41) is 6.97. The van der Waals surface area contributed by atoms with Gasteiger partial charge in [0.2, 0.25) is 6.39 Å². The van der Waals surface area contributed by atoms with Crippen molar-refractivity contribution in [3.8, 4) is 0 Å². The molecule has 0 unspecified atom stereocenters. The Balaban J connectivity index is 1.27. The van der Waals surface area contributed by atoms with Crippen LogP contribution in [-0.2, 0) is 0 Å². The van der Waals surface area contributed by atoms with Gasteiger partial charge >= 0.3 is 6.03 Å². The highest BCUT2D eigenvalue weighted by Gasteiger charge is 2.26. The van der Waals surface area contributed by atoms with E-state index in [-0.39, 0.29) is 6.03 Å². The zero-order chi connectivity index (χ0) is 17.5. The number of urea groups is 1. The van der Waals surface area contributed by atoms with Crippen LogP contribution in [0.2, 0.25) is 0 Å². The number of hydrogen-bond acceptors (Lipinski definition) is 6. The smallest absolute Gasteiger partial charge is 0.317 e. The summed E-state index contributed by atoms with van der Waals surface area (Å²) in [7, 11) is 0. The monoisotopic (exact) mass is 350 g/mol. The first-order chi connectivity index (χ1) is 12.3. The molecule has 0 saturated carbocycles. The van der Waals surface area contributed by atoms with Crippen molar-refractivity contribution in [3.05, 3.63) is 12.2 Å². The van der Waals surface area contributed by atoms with Gasteiger partial charge in [0, 0.05) is 51.7 Å².